The lowest BCUT2D eigenvalue weighted by atomic mass is 10.0. The molecule has 0 spiro atoms. The second-order valence-corrected chi connectivity index (χ2v) is 6.53. The number of hydrogen-bond donors (Lipinski definition) is 1. The number of morpholine rings is 1. The number of aromatic nitrogens is 1. The van der Waals surface area contributed by atoms with Crippen molar-refractivity contribution in [3.8, 4) is 0 Å². The summed E-state index contributed by atoms with van der Waals surface area (Å²) >= 11 is 6.46. The molecular formula is C18H24ClN3O2. The molecule has 130 valence electrons. The second-order valence-electron chi connectivity index (χ2n) is 6.12. The summed E-state index contributed by atoms with van der Waals surface area (Å²) in [6, 6.07) is 8.31. The predicted molar refractivity (Wildman–Crippen MR) is 94.3 cm³/mol. The van der Waals surface area contributed by atoms with Crippen molar-refractivity contribution in [1.82, 2.24) is 15.4 Å². The number of rotatable bonds is 6. The molecule has 1 aliphatic rings. The molecule has 1 atom stereocenters. The van der Waals surface area contributed by atoms with Gasteiger partial charge in [0.2, 0.25) is 0 Å². The normalized spacial score (nSPS) is 17.1. The number of nitrogens with one attached hydrogen (secondary N) is 1. The van der Waals surface area contributed by atoms with Gasteiger partial charge in [-0.25, -0.2) is 0 Å². The summed E-state index contributed by atoms with van der Waals surface area (Å²) in [6.07, 6.45) is 0. The minimum atomic E-state index is 0.225. The number of hydrogen-bond acceptors (Lipinski definition) is 5. The monoisotopic (exact) mass is 349 g/mol. The molecule has 1 aromatic heterocycles. The lowest BCUT2D eigenvalue weighted by Gasteiger charge is -2.35. The van der Waals surface area contributed by atoms with Crippen LogP contribution in [0.3, 0.4) is 0 Å². The van der Waals surface area contributed by atoms with Crippen LogP contribution in [-0.4, -0.2) is 42.9 Å². The summed E-state index contributed by atoms with van der Waals surface area (Å²) in [5.74, 6) is 0.876. The van der Waals surface area contributed by atoms with Crippen molar-refractivity contribution in [2.75, 3.05) is 32.8 Å². The molecular weight excluding hydrogens is 326 g/mol. The van der Waals surface area contributed by atoms with Crippen LogP contribution < -0.4 is 5.32 Å². The third-order valence-corrected chi connectivity index (χ3v) is 4.92. The van der Waals surface area contributed by atoms with Gasteiger partial charge in [0.05, 0.1) is 18.9 Å². The van der Waals surface area contributed by atoms with Crippen LogP contribution in [0.4, 0.5) is 0 Å². The van der Waals surface area contributed by atoms with Gasteiger partial charge in [0.15, 0.2) is 0 Å². The Hall–Kier alpha value is -1.40. The van der Waals surface area contributed by atoms with Gasteiger partial charge in [0.25, 0.3) is 0 Å². The van der Waals surface area contributed by atoms with Gasteiger partial charge >= 0.3 is 0 Å². The zero-order valence-corrected chi connectivity index (χ0v) is 15.0. The van der Waals surface area contributed by atoms with Gasteiger partial charge in [0, 0.05) is 42.8 Å². The maximum absolute atomic E-state index is 6.46. The summed E-state index contributed by atoms with van der Waals surface area (Å²) in [4.78, 5) is 2.44. The van der Waals surface area contributed by atoms with E-state index in [1.54, 1.807) is 0 Å². The Kier molecular flexibility index (Phi) is 5.89. The van der Waals surface area contributed by atoms with E-state index < -0.39 is 0 Å². The van der Waals surface area contributed by atoms with E-state index in [0.717, 1.165) is 67.0 Å². The number of halogens is 1. The highest BCUT2D eigenvalue weighted by Crippen LogP contribution is 2.28. The van der Waals surface area contributed by atoms with Crippen molar-refractivity contribution in [3.63, 3.8) is 0 Å². The van der Waals surface area contributed by atoms with Crippen molar-refractivity contribution < 1.29 is 9.26 Å². The van der Waals surface area contributed by atoms with Gasteiger partial charge in [-0.1, -0.05) is 35.0 Å². The topological polar surface area (TPSA) is 50.5 Å². The van der Waals surface area contributed by atoms with Gasteiger partial charge in [-0.3, -0.25) is 4.90 Å². The fourth-order valence-corrected chi connectivity index (χ4v) is 3.42. The van der Waals surface area contributed by atoms with Crippen molar-refractivity contribution in [3.05, 3.63) is 51.9 Å². The van der Waals surface area contributed by atoms with E-state index in [1.165, 1.54) is 0 Å². The fourth-order valence-electron chi connectivity index (χ4n) is 3.16. The van der Waals surface area contributed by atoms with E-state index in [1.807, 2.05) is 32.0 Å². The SMILES string of the molecule is Cc1noc(C)c1CNCC(c1ccccc1Cl)N1CCOCC1. The molecule has 1 unspecified atom stereocenters. The second kappa shape index (κ2) is 8.12. The van der Waals surface area contributed by atoms with Crippen LogP contribution in [0, 0.1) is 13.8 Å². The molecule has 0 radical (unpaired) electrons. The molecule has 1 N–H and O–H groups in total. The smallest absolute Gasteiger partial charge is 0.138 e. The summed E-state index contributed by atoms with van der Waals surface area (Å²) in [7, 11) is 0. The molecule has 24 heavy (non-hydrogen) atoms. The summed E-state index contributed by atoms with van der Waals surface area (Å²) in [5.41, 5.74) is 3.24. The molecule has 1 saturated heterocycles. The minimum absolute atomic E-state index is 0.225. The van der Waals surface area contributed by atoms with Crippen molar-refractivity contribution in [2.24, 2.45) is 0 Å². The molecule has 0 amide bonds. The Balaban J connectivity index is 1.71. The molecule has 0 aliphatic carbocycles. The van der Waals surface area contributed by atoms with Crippen LogP contribution in [-0.2, 0) is 11.3 Å². The van der Waals surface area contributed by atoms with E-state index in [-0.39, 0.29) is 6.04 Å². The Morgan fingerprint density at radius 2 is 2.00 bits per heavy atom. The van der Waals surface area contributed by atoms with Gasteiger partial charge in [0.1, 0.15) is 5.76 Å². The summed E-state index contributed by atoms with van der Waals surface area (Å²) in [5, 5.41) is 8.38. The first-order valence-corrected chi connectivity index (χ1v) is 8.73. The molecule has 1 aliphatic heterocycles. The predicted octanol–water partition coefficient (Wildman–Crippen LogP) is 3.11. The van der Waals surface area contributed by atoms with Crippen molar-refractivity contribution >= 4 is 11.6 Å². The molecule has 1 fully saturated rings. The van der Waals surface area contributed by atoms with Crippen LogP contribution >= 0.6 is 11.6 Å². The zero-order chi connectivity index (χ0) is 16.9. The summed E-state index contributed by atoms with van der Waals surface area (Å²) < 4.78 is 10.7. The van der Waals surface area contributed by atoms with E-state index >= 15 is 0 Å². The molecule has 1 aromatic carbocycles. The zero-order valence-electron chi connectivity index (χ0n) is 14.2. The largest absolute Gasteiger partial charge is 0.379 e. The maximum atomic E-state index is 6.46. The van der Waals surface area contributed by atoms with Gasteiger partial charge in [-0.05, 0) is 25.5 Å². The average Bonchev–Trinajstić information content (AvgIpc) is 2.92. The molecule has 5 nitrogen and oxygen atoms in total. The first-order valence-electron chi connectivity index (χ1n) is 8.35. The third-order valence-electron chi connectivity index (χ3n) is 4.57. The third kappa shape index (κ3) is 3.98. The van der Waals surface area contributed by atoms with Gasteiger partial charge in [-0.2, -0.15) is 0 Å². The molecule has 6 heteroatoms. The Morgan fingerprint density at radius 3 is 2.67 bits per heavy atom. The van der Waals surface area contributed by atoms with E-state index in [0.29, 0.717) is 0 Å². The van der Waals surface area contributed by atoms with Crippen LogP contribution in [0.15, 0.2) is 28.8 Å². The first-order chi connectivity index (χ1) is 11.7. The first kappa shape index (κ1) is 17.4. The number of ether oxygens (including phenoxy) is 1. The maximum Gasteiger partial charge on any atom is 0.138 e. The Bertz CT molecular complexity index is 649. The molecule has 0 bridgehead atoms. The highest BCUT2D eigenvalue weighted by atomic mass is 35.5. The number of benzene rings is 1. The molecule has 2 aromatic rings. The van der Waals surface area contributed by atoms with Crippen molar-refractivity contribution in [2.45, 2.75) is 26.4 Å². The highest BCUT2D eigenvalue weighted by Gasteiger charge is 2.24. The molecule has 3 rings (SSSR count). The van der Waals surface area contributed by atoms with E-state index in [2.05, 4.69) is 21.4 Å². The quantitative estimate of drug-likeness (QED) is 0.868. The van der Waals surface area contributed by atoms with Crippen LogP contribution in [0.25, 0.3) is 0 Å². The molecule has 0 saturated carbocycles. The van der Waals surface area contributed by atoms with E-state index in [4.69, 9.17) is 20.9 Å². The lowest BCUT2D eigenvalue weighted by molar-refractivity contribution is 0.0161. The highest BCUT2D eigenvalue weighted by molar-refractivity contribution is 6.31. The fraction of sp³-hybridized carbons (Fsp3) is 0.500. The van der Waals surface area contributed by atoms with Gasteiger partial charge < -0.3 is 14.6 Å². The number of nitrogens with zero attached hydrogens (tertiary/aromatic N) is 2. The minimum Gasteiger partial charge on any atom is -0.379 e. The average molecular weight is 350 g/mol. The Morgan fingerprint density at radius 1 is 1.25 bits per heavy atom. The number of aryl methyl sites for hydroxylation is 2. The van der Waals surface area contributed by atoms with Crippen molar-refractivity contribution in [1.29, 1.82) is 0 Å². The molecule has 2 heterocycles. The van der Waals surface area contributed by atoms with Crippen LogP contribution in [0.2, 0.25) is 5.02 Å². The van der Waals surface area contributed by atoms with Gasteiger partial charge in [-0.15, -0.1) is 0 Å². The standard InChI is InChI=1S/C18H24ClN3O2/c1-13-16(14(2)24-21-13)11-20-12-18(22-7-9-23-10-8-22)15-5-3-4-6-17(15)19/h3-6,18,20H,7-12H2,1-2H3. The summed E-state index contributed by atoms with van der Waals surface area (Å²) in [6.45, 7) is 8.85. The lowest BCUT2D eigenvalue weighted by Crippen LogP contribution is -2.42. The van der Waals surface area contributed by atoms with E-state index in [9.17, 15) is 0 Å². The van der Waals surface area contributed by atoms with Crippen LogP contribution in [0.5, 0.6) is 0 Å². The Labute approximate surface area is 147 Å². The van der Waals surface area contributed by atoms with Crippen LogP contribution in [0.1, 0.15) is 28.6 Å².